The zero-order valence-corrected chi connectivity index (χ0v) is 16.3. The van der Waals surface area contributed by atoms with E-state index in [0.29, 0.717) is 18.5 Å². The molecule has 0 bridgehead atoms. The van der Waals surface area contributed by atoms with Gasteiger partial charge in [0.25, 0.3) is 5.91 Å². The number of hydrogen-bond acceptors (Lipinski definition) is 3. The molecule has 2 heterocycles. The molecule has 0 spiro atoms. The summed E-state index contributed by atoms with van der Waals surface area (Å²) >= 11 is 0. The molecule has 0 aliphatic carbocycles. The molecule has 6 heteroatoms. The minimum Gasteiger partial charge on any atom is -0.481 e. The van der Waals surface area contributed by atoms with Crippen LogP contribution in [0.25, 0.3) is 5.69 Å². The van der Waals surface area contributed by atoms with E-state index in [1.54, 1.807) is 15.8 Å². The predicted octanol–water partition coefficient (Wildman–Crippen LogP) is 3.35. The first-order valence-electron chi connectivity index (χ1n) is 9.34. The Morgan fingerprint density at radius 3 is 2.41 bits per heavy atom. The van der Waals surface area contributed by atoms with Crippen LogP contribution >= 0.6 is 0 Å². The number of rotatable bonds is 3. The number of benzene rings is 1. The molecule has 1 fully saturated rings. The van der Waals surface area contributed by atoms with Crippen molar-refractivity contribution in [3.8, 4) is 5.69 Å². The van der Waals surface area contributed by atoms with E-state index in [0.717, 1.165) is 11.4 Å². The molecule has 2 atom stereocenters. The van der Waals surface area contributed by atoms with Gasteiger partial charge in [0.1, 0.15) is 0 Å². The summed E-state index contributed by atoms with van der Waals surface area (Å²) in [7, 11) is 0. The van der Waals surface area contributed by atoms with Crippen LogP contribution in [-0.2, 0) is 10.2 Å². The zero-order valence-electron chi connectivity index (χ0n) is 16.3. The van der Waals surface area contributed by atoms with E-state index in [1.165, 1.54) is 0 Å². The van der Waals surface area contributed by atoms with Crippen molar-refractivity contribution in [2.75, 3.05) is 13.1 Å². The minimum absolute atomic E-state index is 0.139. The molecule has 1 aliphatic heterocycles. The molecule has 0 saturated carbocycles. The quantitative estimate of drug-likeness (QED) is 0.900. The molecule has 2 unspecified atom stereocenters. The molecule has 3 rings (SSSR count). The Morgan fingerprint density at radius 1 is 1.15 bits per heavy atom. The van der Waals surface area contributed by atoms with E-state index in [4.69, 9.17) is 5.10 Å². The number of amides is 1. The van der Waals surface area contributed by atoms with Crippen LogP contribution in [0.4, 0.5) is 0 Å². The molecule has 0 radical (unpaired) electrons. The maximum atomic E-state index is 13.3. The van der Waals surface area contributed by atoms with Crippen molar-refractivity contribution in [1.29, 1.82) is 0 Å². The number of carbonyl (C=O) groups is 2. The Balaban J connectivity index is 1.98. The van der Waals surface area contributed by atoms with Gasteiger partial charge in [-0.05, 0) is 24.5 Å². The highest BCUT2D eigenvalue weighted by atomic mass is 16.4. The monoisotopic (exact) mass is 369 g/mol. The SMILES string of the molecule is CC1CC(C(=O)O)CN(C(=O)c2cn(-c3ccccc3)nc2C(C)(C)C)C1. The van der Waals surface area contributed by atoms with Crippen molar-refractivity contribution >= 4 is 11.9 Å². The fraction of sp³-hybridized carbons (Fsp3) is 0.476. The van der Waals surface area contributed by atoms with E-state index in [9.17, 15) is 14.7 Å². The first kappa shape index (κ1) is 19.1. The third kappa shape index (κ3) is 4.04. The van der Waals surface area contributed by atoms with Crippen LogP contribution in [0.3, 0.4) is 0 Å². The molecular weight excluding hydrogens is 342 g/mol. The average molecular weight is 369 g/mol. The second-order valence-corrected chi connectivity index (χ2v) is 8.51. The Labute approximate surface area is 159 Å². The molecule has 1 saturated heterocycles. The number of hydrogen-bond donors (Lipinski definition) is 1. The summed E-state index contributed by atoms with van der Waals surface area (Å²) in [4.78, 5) is 26.4. The highest BCUT2D eigenvalue weighted by Gasteiger charge is 2.35. The fourth-order valence-corrected chi connectivity index (χ4v) is 3.66. The third-order valence-corrected chi connectivity index (χ3v) is 4.97. The lowest BCUT2D eigenvalue weighted by atomic mass is 9.87. The molecule has 6 nitrogen and oxygen atoms in total. The maximum absolute atomic E-state index is 13.3. The van der Waals surface area contributed by atoms with Gasteiger partial charge in [-0.2, -0.15) is 5.10 Å². The summed E-state index contributed by atoms with van der Waals surface area (Å²) in [6, 6.07) is 9.68. The zero-order chi connectivity index (χ0) is 19.8. The number of carbonyl (C=O) groups excluding carboxylic acids is 1. The standard InChI is InChI=1S/C21H27N3O3/c1-14-10-15(20(26)27)12-23(11-14)19(25)17-13-24(16-8-6-5-7-9-16)22-18(17)21(2,3)4/h5-9,13-15H,10-12H2,1-4H3,(H,26,27). The molecule has 1 amide bonds. The summed E-state index contributed by atoms with van der Waals surface area (Å²) in [5, 5.41) is 14.1. The van der Waals surface area contributed by atoms with Gasteiger partial charge in [0, 0.05) is 24.7 Å². The van der Waals surface area contributed by atoms with Gasteiger partial charge in [0.2, 0.25) is 0 Å². The van der Waals surface area contributed by atoms with E-state index < -0.39 is 11.9 Å². The van der Waals surface area contributed by atoms with Crippen molar-refractivity contribution in [3.05, 3.63) is 47.8 Å². The fourth-order valence-electron chi connectivity index (χ4n) is 3.66. The van der Waals surface area contributed by atoms with Crippen molar-refractivity contribution in [2.45, 2.75) is 39.5 Å². The molecule has 1 aromatic carbocycles. The van der Waals surface area contributed by atoms with Crippen LogP contribution in [0.2, 0.25) is 0 Å². The Hall–Kier alpha value is -2.63. The van der Waals surface area contributed by atoms with Gasteiger partial charge in [-0.15, -0.1) is 0 Å². The van der Waals surface area contributed by atoms with Crippen LogP contribution in [0.5, 0.6) is 0 Å². The third-order valence-electron chi connectivity index (χ3n) is 4.97. The van der Waals surface area contributed by atoms with E-state index in [2.05, 4.69) is 0 Å². The van der Waals surface area contributed by atoms with Crippen LogP contribution < -0.4 is 0 Å². The normalized spacial score (nSPS) is 20.5. The Morgan fingerprint density at radius 2 is 1.81 bits per heavy atom. The maximum Gasteiger partial charge on any atom is 0.308 e. The summed E-state index contributed by atoms with van der Waals surface area (Å²) < 4.78 is 1.73. The number of nitrogens with zero attached hydrogens (tertiary/aromatic N) is 3. The largest absolute Gasteiger partial charge is 0.481 e. The van der Waals surface area contributed by atoms with Gasteiger partial charge in [-0.25, -0.2) is 4.68 Å². The molecule has 2 aromatic rings. The molecule has 1 aromatic heterocycles. The van der Waals surface area contributed by atoms with Crippen molar-refractivity contribution < 1.29 is 14.7 Å². The molecule has 1 aliphatic rings. The molecular formula is C21H27N3O3. The van der Waals surface area contributed by atoms with E-state index >= 15 is 0 Å². The first-order chi connectivity index (χ1) is 12.7. The second kappa shape index (κ2) is 7.18. The topological polar surface area (TPSA) is 75.4 Å². The molecule has 1 N–H and O–H groups in total. The van der Waals surface area contributed by atoms with Crippen molar-refractivity contribution in [3.63, 3.8) is 0 Å². The van der Waals surface area contributed by atoms with Gasteiger partial charge in [-0.3, -0.25) is 9.59 Å². The molecule has 27 heavy (non-hydrogen) atoms. The summed E-state index contributed by atoms with van der Waals surface area (Å²) in [5.41, 5.74) is 1.85. The highest BCUT2D eigenvalue weighted by Crippen LogP contribution is 2.29. The Kier molecular flexibility index (Phi) is 5.09. The van der Waals surface area contributed by atoms with Gasteiger partial charge in [0.15, 0.2) is 0 Å². The lowest BCUT2D eigenvalue weighted by Gasteiger charge is -2.35. The highest BCUT2D eigenvalue weighted by molar-refractivity contribution is 5.96. The number of carboxylic acid groups (broad SMARTS) is 1. The minimum atomic E-state index is -0.838. The van der Waals surface area contributed by atoms with Gasteiger partial charge in [0.05, 0.1) is 22.9 Å². The van der Waals surface area contributed by atoms with E-state index in [1.807, 2.05) is 58.0 Å². The number of carboxylic acids is 1. The van der Waals surface area contributed by atoms with Crippen LogP contribution in [0.15, 0.2) is 36.5 Å². The Bertz CT molecular complexity index is 836. The number of likely N-dealkylation sites (tertiary alicyclic amines) is 1. The number of piperidine rings is 1. The first-order valence-corrected chi connectivity index (χ1v) is 9.34. The number of aromatic nitrogens is 2. The van der Waals surface area contributed by atoms with Crippen LogP contribution in [-0.4, -0.2) is 44.8 Å². The van der Waals surface area contributed by atoms with Gasteiger partial charge >= 0.3 is 5.97 Å². The van der Waals surface area contributed by atoms with Crippen LogP contribution in [0.1, 0.15) is 50.2 Å². The smallest absolute Gasteiger partial charge is 0.308 e. The van der Waals surface area contributed by atoms with Crippen LogP contribution in [0, 0.1) is 11.8 Å². The lowest BCUT2D eigenvalue weighted by Crippen LogP contribution is -2.45. The number of para-hydroxylation sites is 1. The summed E-state index contributed by atoms with van der Waals surface area (Å²) in [6.07, 6.45) is 2.38. The summed E-state index contributed by atoms with van der Waals surface area (Å²) in [5.74, 6) is -1.33. The summed E-state index contributed by atoms with van der Waals surface area (Å²) in [6.45, 7) is 8.90. The predicted molar refractivity (Wildman–Crippen MR) is 103 cm³/mol. The van der Waals surface area contributed by atoms with Crippen molar-refractivity contribution in [1.82, 2.24) is 14.7 Å². The average Bonchev–Trinajstić information content (AvgIpc) is 3.07. The lowest BCUT2D eigenvalue weighted by molar-refractivity contribution is -0.143. The number of aliphatic carboxylic acids is 1. The van der Waals surface area contributed by atoms with Gasteiger partial charge < -0.3 is 10.0 Å². The van der Waals surface area contributed by atoms with E-state index in [-0.39, 0.29) is 23.8 Å². The van der Waals surface area contributed by atoms with Crippen molar-refractivity contribution in [2.24, 2.45) is 11.8 Å². The molecule has 144 valence electrons. The van der Waals surface area contributed by atoms with Gasteiger partial charge in [-0.1, -0.05) is 45.9 Å². The second-order valence-electron chi connectivity index (χ2n) is 8.51.